The third-order valence-electron chi connectivity index (χ3n) is 9.24. The van der Waals surface area contributed by atoms with Gasteiger partial charge in [-0.15, -0.1) is 0 Å². The average Bonchev–Trinajstić information content (AvgIpc) is 3.05. The molecule has 7 nitrogen and oxygen atoms in total. The lowest BCUT2D eigenvalue weighted by atomic mass is 9.46. The van der Waals surface area contributed by atoms with Crippen LogP contribution in [0.3, 0.4) is 0 Å². The lowest BCUT2D eigenvalue weighted by molar-refractivity contribution is -0.982. The number of fused-ring (bicyclic) bond motifs is 5. The molecular weight excluding hydrogens is 382 g/mol. The van der Waals surface area contributed by atoms with Crippen LogP contribution in [0.5, 0.6) is 0 Å². The summed E-state index contributed by atoms with van der Waals surface area (Å²) in [5.41, 5.74) is 2.65. The zero-order chi connectivity index (χ0) is 21.9. The molecule has 4 rings (SSSR count). The fourth-order valence-electron chi connectivity index (χ4n) is 7.87. The second-order valence-corrected chi connectivity index (χ2v) is 10.0. The summed E-state index contributed by atoms with van der Waals surface area (Å²) in [6.07, 6.45) is 9.04. The van der Waals surface area contributed by atoms with E-state index < -0.39 is 5.72 Å². The molecular formula is C23H37N3O4. The van der Waals surface area contributed by atoms with Gasteiger partial charge in [-0.25, -0.2) is 0 Å². The molecule has 0 saturated heterocycles. The monoisotopic (exact) mass is 419 g/mol. The molecule has 4 aliphatic carbocycles. The topological polar surface area (TPSA) is 87.1 Å². The van der Waals surface area contributed by atoms with E-state index in [0.29, 0.717) is 11.8 Å². The van der Waals surface area contributed by atoms with E-state index in [1.54, 1.807) is 27.3 Å². The molecule has 7 heteroatoms. The minimum atomic E-state index is -0.835. The maximum absolute atomic E-state index is 13.1. The van der Waals surface area contributed by atoms with E-state index in [1.165, 1.54) is 5.57 Å². The van der Waals surface area contributed by atoms with E-state index >= 15 is 0 Å². The van der Waals surface area contributed by atoms with Crippen LogP contribution in [-0.4, -0.2) is 52.0 Å². The summed E-state index contributed by atoms with van der Waals surface area (Å²) in [6, 6.07) is 0.141. The van der Waals surface area contributed by atoms with Crippen molar-refractivity contribution in [1.82, 2.24) is 10.7 Å². The average molecular weight is 420 g/mol. The summed E-state index contributed by atoms with van der Waals surface area (Å²) >= 11 is 0. The van der Waals surface area contributed by atoms with Gasteiger partial charge in [-0.3, -0.25) is 9.97 Å². The predicted octanol–water partition coefficient (Wildman–Crippen LogP) is 0.977. The van der Waals surface area contributed by atoms with Gasteiger partial charge in [0.15, 0.2) is 5.78 Å². The first-order valence-electron chi connectivity index (χ1n) is 11.1. The molecule has 0 aromatic carbocycles. The van der Waals surface area contributed by atoms with Crippen LogP contribution in [0, 0.1) is 33.8 Å². The van der Waals surface area contributed by atoms with Gasteiger partial charge in [0.05, 0.1) is 11.5 Å². The van der Waals surface area contributed by atoms with Crippen molar-refractivity contribution in [3.8, 4) is 0 Å². The van der Waals surface area contributed by atoms with Gasteiger partial charge in [-0.1, -0.05) is 19.9 Å². The van der Waals surface area contributed by atoms with Crippen molar-refractivity contribution in [2.45, 2.75) is 57.4 Å². The highest BCUT2D eigenvalue weighted by atomic mass is 16.6. The van der Waals surface area contributed by atoms with Crippen LogP contribution in [-0.2, 0) is 14.3 Å². The van der Waals surface area contributed by atoms with Crippen LogP contribution < -0.4 is 15.9 Å². The molecule has 0 aliphatic heterocycles. The first-order valence-corrected chi connectivity index (χ1v) is 11.1. The number of quaternary nitrogens is 1. The normalized spacial score (nSPS) is 48.6. The Bertz CT molecular complexity index is 770. The fourth-order valence-corrected chi connectivity index (χ4v) is 7.87. The number of ketones is 1. The van der Waals surface area contributed by atoms with Crippen LogP contribution in [0.25, 0.3) is 0 Å². The Balaban J connectivity index is 1.82. The molecule has 3 fully saturated rings. The minimum absolute atomic E-state index is 0.0161. The lowest BCUT2D eigenvalue weighted by Crippen LogP contribution is -3.23. The number of likely N-dealkylation sites (N-methyl/N-ethyl adjacent to an activating group) is 1. The summed E-state index contributed by atoms with van der Waals surface area (Å²) in [4.78, 5) is 12.2. The van der Waals surface area contributed by atoms with Crippen LogP contribution in [0.2, 0.25) is 0 Å². The van der Waals surface area contributed by atoms with Gasteiger partial charge in [0.2, 0.25) is 5.72 Å². The standard InChI is InChI=1S/C23H37N3O4/c1-21-9-7-14(27)11-17(21)18(24-3)12-15-16-8-10-23(30-6,26(28)25-4)22(16,2)13-19(29-5)20(15)21/h7,9,11,15-16,18-20,24-26H,8,10,12-13H2,1-6H3. The first-order chi connectivity index (χ1) is 14.2. The Morgan fingerprint density at radius 3 is 2.60 bits per heavy atom. The molecule has 9 unspecified atom stereocenters. The van der Waals surface area contributed by atoms with Gasteiger partial charge in [-0.05, 0) is 55.9 Å². The van der Waals surface area contributed by atoms with Crippen molar-refractivity contribution in [3.05, 3.63) is 29.0 Å². The molecule has 9 atom stereocenters. The van der Waals surface area contributed by atoms with Crippen molar-refractivity contribution >= 4 is 5.78 Å². The maximum Gasteiger partial charge on any atom is 0.224 e. The number of carbonyl (C=O) groups excluding carboxylic acids is 1. The highest BCUT2D eigenvalue weighted by molar-refractivity contribution is 6.01. The van der Waals surface area contributed by atoms with Gasteiger partial charge in [0.25, 0.3) is 0 Å². The molecule has 3 saturated carbocycles. The number of hydrogen-bond donors (Lipinski definition) is 3. The molecule has 0 aromatic rings. The minimum Gasteiger partial charge on any atom is -0.611 e. The first kappa shape index (κ1) is 22.1. The zero-order valence-electron chi connectivity index (χ0n) is 19.1. The van der Waals surface area contributed by atoms with Gasteiger partial charge in [0, 0.05) is 45.1 Å². The number of rotatable bonds is 5. The number of methoxy groups -OCH3 is 2. The Labute approximate surface area is 179 Å². The molecule has 0 bridgehead atoms. The SMILES string of the molecule is CNC1CC2C(C(OC)CC3(C)C2CCC3(OC)[NH+]([O-])NC)C2(C)C=CC(=O)C=C12. The van der Waals surface area contributed by atoms with Crippen LogP contribution in [0.1, 0.15) is 39.5 Å². The molecule has 0 heterocycles. The van der Waals surface area contributed by atoms with Crippen LogP contribution in [0.15, 0.2) is 23.8 Å². The molecule has 168 valence electrons. The van der Waals surface area contributed by atoms with Crippen LogP contribution in [0.4, 0.5) is 0 Å². The van der Waals surface area contributed by atoms with E-state index in [0.717, 1.165) is 25.7 Å². The third-order valence-corrected chi connectivity index (χ3v) is 9.24. The Kier molecular flexibility index (Phi) is 5.53. The van der Waals surface area contributed by atoms with Crippen molar-refractivity contribution in [2.24, 2.45) is 28.6 Å². The van der Waals surface area contributed by atoms with E-state index in [-0.39, 0.29) is 39.8 Å². The van der Waals surface area contributed by atoms with E-state index in [1.807, 2.05) is 13.1 Å². The van der Waals surface area contributed by atoms with Crippen molar-refractivity contribution in [2.75, 3.05) is 28.3 Å². The molecule has 0 radical (unpaired) electrons. The largest absolute Gasteiger partial charge is 0.611 e. The Hall–Kier alpha value is -1.09. The number of ether oxygens (including phenoxy) is 2. The molecule has 0 amide bonds. The van der Waals surface area contributed by atoms with Crippen LogP contribution >= 0.6 is 0 Å². The van der Waals surface area contributed by atoms with Crippen molar-refractivity contribution in [3.63, 3.8) is 0 Å². The molecule has 0 spiro atoms. The third kappa shape index (κ3) is 2.69. The van der Waals surface area contributed by atoms with Gasteiger partial charge < -0.3 is 20.0 Å². The van der Waals surface area contributed by atoms with Gasteiger partial charge in [0.1, 0.15) is 0 Å². The zero-order valence-corrected chi connectivity index (χ0v) is 19.1. The van der Waals surface area contributed by atoms with Crippen molar-refractivity contribution in [1.29, 1.82) is 0 Å². The number of hydroxylamine groups is 1. The Morgan fingerprint density at radius 2 is 2.00 bits per heavy atom. The highest BCUT2D eigenvalue weighted by Crippen LogP contribution is 2.66. The number of carbonyl (C=O) groups is 1. The number of hydrogen-bond acceptors (Lipinski definition) is 6. The summed E-state index contributed by atoms with van der Waals surface area (Å²) in [5.74, 6) is 1.05. The number of allylic oxidation sites excluding steroid dienone is 3. The quantitative estimate of drug-likeness (QED) is 0.455. The number of nitrogens with one attached hydrogen (secondary N) is 3. The van der Waals surface area contributed by atoms with E-state index in [4.69, 9.17) is 9.47 Å². The summed E-state index contributed by atoms with van der Waals surface area (Å²) in [6.45, 7) is 4.49. The summed E-state index contributed by atoms with van der Waals surface area (Å²) in [7, 11) is 7.12. The Morgan fingerprint density at radius 1 is 1.27 bits per heavy atom. The smallest absolute Gasteiger partial charge is 0.224 e. The van der Waals surface area contributed by atoms with E-state index in [2.05, 4.69) is 30.7 Å². The second kappa shape index (κ2) is 7.50. The van der Waals surface area contributed by atoms with Gasteiger partial charge >= 0.3 is 0 Å². The predicted molar refractivity (Wildman–Crippen MR) is 114 cm³/mol. The summed E-state index contributed by atoms with van der Waals surface area (Å²) in [5, 5.41) is 16.5. The molecule has 30 heavy (non-hydrogen) atoms. The summed E-state index contributed by atoms with van der Waals surface area (Å²) < 4.78 is 12.2. The molecule has 0 aromatic heterocycles. The van der Waals surface area contributed by atoms with Crippen molar-refractivity contribution < 1.29 is 19.4 Å². The fraction of sp³-hybridized carbons (Fsp3) is 0.783. The van der Waals surface area contributed by atoms with Gasteiger partial charge in [-0.2, -0.15) is 5.43 Å². The van der Waals surface area contributed by atoms with E-state index in [9.17, 15) is 10.0 Å². The molecule has 3 N–H and O–H groups in total. The lowest BCUT2D eigenvalue weighted by Gasteiger charge is -2.62. The second-order valence-electron chi connectivity index (χ2n) is 10.0. The maximum atomic E-state index is 13.1. The molecule has 4 aliphatic rings. The highest BCUT2D eigenvalue weighted by Gasteiger charge is 2.71.